The molecule has 5 nitrogen and oxygen atoms in total. The maximum absolute atomic E-state index is 12.5. The average Bonchev–Trinajstić information content (AvgIpc) is 2.68. The molecule has 28 heavy (non-hydrogen) atoms. The molecular weight excluding hydrogens is 420 g/mol. The van der Waals surface area contributed by atoms with Gasteiger partial charge in [0, 0.05) is 28.8 Å². The number of halogens is 1. The van der Waals surface area contributed by atoms with Crippen LogP contribution in [-0.2, 0) is 4.79 Å². The summed E-state index contributed by atoms with van der Waals surface area (Å²) >= 11 is 3.45. The highest BCUT2D eigenvalue weighted by Crippen LogP contribution is 2.27. The van der Waals surface area contributed by atoms with Crippen LogP contribution in [0.3, 0.4) is 0 Å². The first kappa shape index (κ1) is 20.4. The molecule has 1 aliphatic heterocycles. The van der Waals surface area contributed by atoms with E-state index in [0.29, 0.717) is 11.3 Å². The Morgan fingerprint density at radius 3 is 2.25 bits per heavy atom. The van der Waals surface area contributed by atoms with Gasteiger partial charge in [0.05, 0.1) is 0 Å². The van der Waals surface area contributed by atoms with E-state index in [9.17, 15) is 9.59 Å². The number of anilines is 1. The van der Waals surface area contributed by atoms with Gasteiger partial charge >= 0.3 is 0 Å². The number of hydrogen-bond donors (Lipinski definition) is 1. The monoisotopic (exact) mass is 444 g/mol. The van der Waals surface area contributed by atoms with E-state index >= 15 is 0 Å². The second-order valence-electron chi connectivity index (χ2n) is 7.14. The highest BCUT2D eigenvalue weighted by molar-refractivity contribution is 9.10. The smallest absolute Gasteiger partial charge is 0.262 e. The fourth-order valence-corrected chi connectivity index (χ4v) is 4.12. The number of nitrogens with zero attached hydrogens (tertiary/aromatic N) is 1. The molecule has 1 N–H and O–H groups in total. The number of piperidine rings is 1. The normalized spacial score (nSPS) is 13.9. The van der Waals surface area contributed by atoms with E-state index in [1.807, 2.05) is 30.9 Å². The van der Waals surface area contributed by atoms with Crippen LogP contribution in [0.25, 0.3) is 0 Å². The zero-order valence-corrected chi connectivity index (χ0v) is 17.8. The van der Waals surface area contributed by atoms with Gasteiger partial charge in [-0.1, -0.05) is 15.9 Å². The number of ether oxygens (including phenoxy) is 1. The molecule has 2 aromatic rings. The van der Waals surface area contributed by atoms with E-state index in [4.69, 9.17) is 4.74 Å². The van der Waals surface area contributed by atoms with Crippen LogP contribution in [0.1, 0.15) is 40.7 Å². The first-order valence-electron chi connectivity index (χ1n) is 9.53. The van der Waals surface area contributed by atoms with E-state index in [-0.39, 0.29) is 18.4 Å². The summed E-state index contributed by atoms with van der Waals surface area (Å²) in [6.07, 6.45) is 3.32. The van der Waals surface area contributed by atoms with Crippen LogP contribution in [0.5, 0.6) is 5.75 Å². The SMILES string of the molecule is Cc1cc(Br)cc(C)c1OCC(=O)Nc1ccc(C(=O)N2CCCCC2)cc1. The molecule has 0 unspecified atom stereocenters. The predicted octanol–water partition coefficient (Wildman–Crippen LogP) is 4.71. The summed E-state index contributed by atoms with van der Waals surface area (Å²) in [5.74, 6) is 0.541. The van der Waals surface area contributed by atoms with Crippen molar-refractivity contribution < 1.29 is 14.3 Å². The minimum Gasteiger partial charge on any atom is -0.483 e. The first-order chi connectivity index (χ1) is 13.4. The van der Waals surface area contributed by atoms with Crippen molar-refractivity contribution in [1.82, 2.24) is 4.90 Å². The summed E-state index contributed by atoms with van der Waals surface area (Å²) in [5, 5.41) is 2.81. The molecule has 0 atom stereocenters. The summed E-state index contributed by atoms with van der Waals surface area (Å²) in [4.78, 5) is 26.6. The molecule has 2 aromatic carbocycles. The van der Waals surface area contributed by atoms with E-state index in [0.717, 1.165) is 47.3 Å². The van der Waals surface area contributed by atoms with Crippen molar-refractivity contribution >= 4 is 33.4 Å². The highest BCUT2D eigenvalue weighted by Gasteiger charge is 2.18. The lowest BCUT2D eigenvalue weighted by atomic mass is 10.1. The standard InChI is InChI=1S/C22H25BrN2O3/c1-15-12-18(23)13-16(2)21(15)28-14-20(26)24-19-8-6-17(7-9-19)22(27)25-10-4-3-5-11-25/h6-9,12-13H,3-5,10-11,14H2,1-2H3,(H,24,26). The van der Waals surface area contributed by atoms with Gasteiger partial charge in [0.1, 0.15) is 5.75 Å². The molecule has 0 saturated carbocycles. The maximum Gasteiger partial charge on any atom is 0.262 e. The van der Waals surface area contributed by atoms with Gasteiger partial charge in [-0.05, 0) is 80.6 Å². The largest absolute Gasteiger partial charge is 0.483 e. The van der Waals surface area contributed by atoms with Gasteiger partial charge in [-0.3, -0.25) is 9.59 Å². The summed E-state index contributed by atoms with van der Waals surface area (Å²) in [6, 6.07) is 10.9. The Balaban J connectivity index is 1.55. The molecule has 0 aromatic heterocycles. The fourth-order valence-electron chi connectivity index (χ4n) is 3.44. The molecule has 1 saturated heterocycles. The number of rotatable bonds is 5. The lowest BCUT2D eigenvalue weighted by Gasteiger charge is -2.26. The van der Waals surface area contributed by atoms with Crippen molar-refractivity contribution in [2.24, 2.45) is 0 Å². The van der Waals surface area contributed by atoms with Crippen LogP contribution in [0.2, 0.25) is 0 Å². The Hall–Kier alpha value is -2.34. The minimum atomic E-state index is -0.239. The number of amides is 2. The Kier molecular flexibility index (Phi) is 6.73. The summed E-state index contributed by atoms with van der Waals surface area (Å²) in [5.41, 5.74) is 3.24. The van der Waals surface area contributed by atoms with Crippen LogP contribution >= 0.6 is 15.9 Å². The van der Waals surface area contributed by atoms with Gasteiger partial charge in [-0.2, -0.15) is 0 Å². The number of aryl methyl sites for hydroxylation is 2. The van der Waals surface area contributed by atoms with Gasteiger partial charge in [0.15, 0.2) is 6.61 Å². The van der Waals surface area contributed by atoms with Crippen LogP contribution in [0, 0.1) is 13.8 Å². The van der Waals surface area contributed by atoms with E-state index < -0.39 is 0 Å². The van der Waals surface area contributed by atoms with Gasteiger partial charge in [-0.25, -0.2) is 0 Å². The van der Waals surface area contributed by atoms with Gasteiger partial charge in [-0.15, -0.1) is 0 Å². The second kappa shape index (κ2) is 9.24. The third-order valence-corrected chi connectivity index (χ3v) is 5.29. The quantitative estimate of drug-likeness (QED) is 0.726. The fraction of sp³-hybridized carbons (Fsp3) is 0.364. The van der Waals surface area contributed by atoms with Gasteiger partial charge < -0.3 is 15.0 Å². The Morgan fingerprint density at radius 2 is 1.64 bits per heavy atom. The van der Waals surface area contributed by atoms with Crippen molar-refractivity contribution in [2.75, 3.05) is 25.0 Å². The summed E-state index contributed by atoms with van der Waals surface area (Å²) in [6.45, 7) is 5.47. The van der Waals surface area contributed by atoms with Crippen molar-refractivity contribution in [3.63, 3.8) is 0 Å². The molecule has 2 amide bonds. The molecule has 3 rings (SSSR count). The molecule has 0 radical (unpaired) electrons. The zero-order chi connectivity index (χ0) is 20.1. The molecule has 1 heterocycles. The number of nitrogens with one attached hydrogen (secondary N) is 1. The molecule has 1 aliphatic rings. The van der Waals surface area contributed by atoms with Crippen molar-refractivity contribution in [3.8, 4) is 5.75 Å². The lowest BCUT2D eigenvalue weighted by molar-refractivity contribution is -0.118. The second-order valence-corrected chi connectivity index (χ2v) is 8.05. The molecule has 0 spiro atoms. The Bertz CT molecular complexity index is 836. The van der Waals surface area contributed by atoms with Crippen LogP contribution < -0.4 is 10.1 Å². The average molecular weight is 445 g/mol. The third kappa shape index (κ3) is 5.13. The molecule has 6 heteroatoms. The molecular formula is C22H25BrN2O3. The van der Waals surface area contributed by atoms with Crippen molar-refractivity contribution in [3.05, 3.63) is 57.6 Å². The van der Waals surface area contributed by atoms with Crippen LogP contribution in [0.15, 0.2) is 40.9 Å². The topological polar surface area (TPSA) is 58.6 Å². The number of hydrogen-bond acceptors (Lipinski definition) is 3. The first-order valence-corrected chi connectivity index (χ1v) is 10.3. The Labute approximate surface area is 174 Å². The molecule has 0 aliphatic carbocycles. The number of likely N-dealkylation sites (tertiary alicyclic amines) is 1. The maximum atomic E-state index is 12.5. The molecule has 0 bridgehead atoms. The summed E-state index contributed by atoms with van der Waals surface area (Å²) < 4.78 is 6.69. The highest BCUT2D eigenvalue weighted by atomic mass is 79.9. The van der Waals surface area contributed by atoms with E-state index in [1.54, 1.807) is 24.3 Å². The Morgan fingerprint density at radius 1 is 1.04 bits per heavy atom. The number of carbonyl (C=O) groups excluding carboxylic acids is 2. The van der Waals surface area contributed by atoms with E-state index in [2.05, 4.69) is 21.2 Å². The van der Waals surface area contributed by atoms with Crippen molar-refractivity contribution in [1.29, 1.82) is 0 Å². The minimum absolute atomic E-state index is 0.0575. The van der Waals surface area contributed by atoms with E-state index in [1.165, 1.54) is 6.42 Å². The van der Waals surface area contributed by atoms with Gasteiger partial charge in [0.25, 0.3) is 11.8 Å². The predicted molar refractivity (Wildman–Crippen MR) is 114 cm³/mol. The third-order valence-electron chi connectivity index (χ3n) is 4.83. The molecule has 1 fully saturated rings. The molecule has 148 valence electrons. The lowest BCUT2D eigenvalue weighted by Crippen LogP contribution is -2.35. The zero-order valence-electron chi connectivity index (χ0n) is 16.3. The van der Waals surface area contributed by atoms with Crippen molar-refractivity contribution in [2.45, 2.75) is 33.1 Å². The van der Waals surface area contributed by atoms with Crippen LogP contribution in [-0.4, -0.2) is 36.4 Å². The number of carbonyl (C=O) groups is 2. The number of benzene rings is 2. The van der Waals surface area contributed by atoms with Crippen LogP contribution in [0.4, 0.5) is 5.69 Å². The van der Waals surface area contributed by atoms with Gasteiger partial charge in [0.2, 0.25) is 0 Å². The summed E-state index contributed by atoms with van der Waals surface area (Å²) in [7, 11) is 0.